The summed E-state index contributed by atoms with van der Waals surface area (Å²) in [7, 11) is 0. The van der Waals surface area contributed by atoms with Gasteiger partial charge in [-0.05, 0) is 33.6 Å². The van der Waals surface area contributed by atoms with Crippen molar-refractivity contribution < 1.29 is 33.1 Å². The number of nitrogens with zero attached hydrogens (tertiary/aromatic N) is 1. The van der Waals surface area contributed by atoms with Crippen LogP contribution in [0.15, 0.2) is 36.5 Å². The molecule has 0 aromatic carbocycles. The van der Waals surface area contributed by atoms with Crippen molar-refractivity contribution in [1.29, 1.82) is 0 Å². The second-order valence-corrected chi connectivity index (χ2v) is 10.2. The molecule has 0 atom stereocenters. The van der Waals surface area contributed by atoms with E-state index in [0.717, 1.165) is 19.4 Å². The van der Waals surface area contributed by atoms with Crippen LogP contribution in [0.25, 0.3) is 0 Å². The second-order valence-electron chi connectivity index (χ2n) is 10.2. The first kappa shape index (κ1) is 34.6. The Morgan fingerprint density at radius 2 is 0.811 bits per heavy atom. The molecule has 7 nitrogen and oxygen atoms in total. The molecule has 0 aromatic heterocycles. The molecule has 0 N–H and O–H groups in total. The minimum atomic E-state index is -0.431. The number of hydrogen-bond acceptors (Lipinski definition) is 6. The van der Waals surface area contributed by atoms with Crippen LogP contribution < -0.4 is 0 Å². The van der Waals surface area contributed by atoms with E-state index in [4.69, 9.17) is 14.2 Å². The van der Waals surface area contributed by atoms with Crippen LogP contribution in [-0.2, 0) is 28.6 Å². The van der Waals surface area contributed by atoms with Crippen LogP contribution in [0.3, 0.4) is 0 Å². The van der Waals surface area contributed by atoms with Gasteiger partial charge in [0, 0.05) is 16.7 Å². The molecular formula is C30H52NO6+. The molecule has 0 saturated heterocycles. The molecular weight excluding hydrogens is 470 g/mol. The van der Waals surface area contributed by atoms with Crippen LogP contribution in [0.2, 0.25) is 0 Å². The lowest BCUT2D eigenvalue weighted by Crippen LogP contribution is -2.54. The van der Waals surface area contributed by atoms with Crippen molar-refractivity contribution in [3.05, 3.63) is 36.5 Å². The molecule has 0 rings (SSSR count). The molecule has 0 radical (unpaired) electrons. The Morgan fingerprint density at radius 3 is 1.11 bits per heavy atom. The Kier molecular flexibility index (Phi) is 19.3. The van der Waals surface area contributed by atoms with Crippen LogP contribution in [0.1, 0.15) is 91.9 Å². The highest BCUT2D eigenvalue weighted by Crippen LogP contribution is 2.15. The van der Waals surface area contributed by atoms with E-state index in [2.05, 4.69) is 26.7 Å². The van der Waals surface area contributed by atoms with E-state index in [1.54, 1.807) is 20.8 Å². The molecule has 0 unspecified atom stereocenters. The van der Waals surface area contributed by atoms with Crippen molar-refractivity contribution in [2.24, 2.45) is 0 Å². The molecule has 0 aliphatic carbocycles. The van der Waals surface area contributed by atoms with Gasteiger partial charge in [-0.15, -0.1) is 0 Å². The predicted octanol–water partition coefficient (Wildman–Crippen LogP) is 6.08. The van der Waals surface area contributed by atoms with Crippen LogP contribution in [-0.4, -0.2) is 68.4 Å². The van der Waals surface area contributed by atoms with Gasteiger partial charge in [0.2, 0.25) is 0 Å². The van der Waals surface area contributed by atoms with Gasteiger partial charge in [0.1, 0.15) is 39.5 Å². The molecule has 0 spiro atoms. The fraction of sp³-hybridized carbons (Fsp3) is 0.700. The molecule has 0 fully saturated rings. The fourth-order valence-electron chi connectivity index (χ4n) is 3.97. The number of hydrogen-bond donors (Lipinski definition) is 0. The minimum Gasteiger partial charge on any atom is -0.456 e. The molecule has 37 heavy (non-hydrogen) atoms. The van der Waals surface area contributed by atoms with Crippen LogP contribution in [0.5, 0.6) is 0 Å². The normalized spacial score (nSPS) is 11.0. The van der Waals surface area contributed by atoms with Crippen LogP contribution in [0.4, 0.5) is 0 Å². The maximum Gasteiger partial charge on any atom is 0.333 e. The third kappa shape index (κ3) is 17.6. The Balaban J connectivity index is 5.11. The maximum atomic E-state index is 11.9. The first-order valence-corrected chi connectivity index (χ1v) is 13.9. The zero-order valence-corrected chi connectivity index (χ0v) is 24.0. The zero-order valence-electron chi connectivity index (χ0n) is 24.0. The van der Waals surface area contributed by atoms with E-state index in [0.29, 0.717) is 40.8 Å². The summed E-state index contributed by atoms with van der Waals surface area (Å²) < 4.78 is 16.7. The smallest absolute Gasteiger partial charge is 0.333 e. The molecule has 0 saturated carbocycles. The topological polar surface area (TPSA) is 78.9 Å². The number of carbonyl (C=O) groups excluding carboxylic acids is 3. The highest BCUT2D eigenvalue weighted by Gasteiger charge is 2.29. The first-order chi connectivity index (χ1) is 17.5. The van der Waals surface area contributed by atoms with Gasteiger partial charge in [0.15, 0.2) is 0 Å². The number of unbranched alkanes of at least 4 members (excludes halogenated alkanes) is 9. The molecule has 0 heterocycles. The summed E-state index contributed by atoms with van der Waals surface area (Å²) >= 11 is 0. The molecule has 0 amide bonds. The quantitative estimate of drug-likeness (QED) is 0.0532. The number of esters is 3. The van der Waals surface area contributed by atoms with Crippen molar-refractivity contribution in [2.75, 3.05) is 46.0 Å². The van der Waals surface area contributed by atoms with Gasteiger partial charge in [0.05, 0.1) is 6.54 Å². The van der Waals surface area contributed by atoms with Gasteiger partial charge >= 0.3 is 17.9 Å². The predicted molar refractivity (Wildman–Crippen MR) is 149 cm³/mol. The lowest BCUT2D eigenvalue weighted by molar-refractivity contribution is -0.928. The van der Waals surface area contributed by atoms with Gasteiger partial charge in [-0.25, -0.2) is 14.4 Å². The number of rotatable bonds is 23. The average molecular weight is 523 g/mol. The minimum absolute atomic E-state index is 0.201. The Bertz CT molecular complexity index is 664. The summed E-state index contributed by atoms with van der Waals surface area (Å²) in [6.07, 6.45) is 12.3. The van der Waals surface area contributed by atoms with Crippen molar-refractivity contribution in [2.45, 2.75) is 91.9 Å². The van der Waals surface area contributed by atoms with Gasteiger partial charge in [0.25, 0.3) is 0 Å². The van der Waals surface area contributed by atoms with Crippen LogP contribution in [0, 0.1) is 0 Å². The van der Waals surface area contributed by atoms with Crippen LogP contribution >= 0.6 is 0 Å². The van der Waals surface area contributed by atoms with Gasteiger partial charge in [-0.1, -0.05) is 78.0 Å². The number of quaternary nitrogens is 1. The fourth-order valence-corrected chi connectivity index (χ4v) is 3.97. The lowest BCUT2D eigenvalue weighted by atomic mass is 10.1. The van der Waals surface area contributed by atoms with E-state index >= 15 is 0 Å². The Morgan fingerprint density at radius 1 is 0.514 bits per heavy atom. The lowest BCUT2D eigenvalue weighted by Gasteiger charge is -2.38. The standard InChI is InChI=1S/C30H52NO6/c1-8-9-10-11-12-13-14-15-16-17-18-31(19-22-35-28(32)25(2)3,20-23-36-29(33)26(4)5)21-24-37-30(34)27(6)7/h2,4,6,8-24H2,1,3,5,7H3/q+1. The van der Waals surface area contributed by atoms with Crippen molar-refractivity contribution in [1.82, 2.24) is 0 Å². The summed E-state index contributed by atoms with van der Waals surface area (Å²) in [5.74, 6) is -1.29. The molecule has 7 heteroatoms. The molecule has 0 aliphatic rings. The summed E-state index contributed by atoms with van der Waals surface area (Å²) in [6.45, 7) is 20.9. The van der Waals surface area contributed by atoms with Crippen molar-refractivity contribution >= 4 is 17.9 Å². The van der Waals surface area contributed by atoms with E-state index in [-0.39, 0.29) is 19.8 Å². The number of ether oxygens (including phenoxy) is 3. The van der Waals surface area contributed by atoms with Gasteiger partial charge in [-0.3, -0.25) is 0 Å². The average Bonchev–Trinajstić information content (AvgIpc) is 2.84. The highest BCUT2D eigenvalue weighted by atomic mass is 16.5. The molecule has 212 valence electrons. The third-order valence-electron chi connectivity index (χ3n) is 6.43. The largest absolute Gasteiger partial charge is 0.456 e. The molecule has 0 bridgehead atoms. The second kappa shape index (κ2) is 20.6. The SMILES string of the molecule is C=C(C)C(=O)OCC[N+](CCCCCCCCCCCC)(CCOC(=O)C(=C)C)CCOC(=O)C(=C)C. The Hall–Kier alpha value is -2.41. The summed E-state index contributed by atoms with van der Waals surface area (Å²) in [5, 5.41) is 0. The summed E-state index contributed by atoms with van der Waals surface area (Å²) in [6, 6.07) is 0. The highest BCUT2D eigenvalue weighted by molar-refractivity contribution is 5.87. The summed E-state index contributed by atoms with van der Waals surface area (Å²) in [5.41, 5.74) is 1.04. The monoisotopic (exact) mass is 522 g/mol. The Labute approximate surface area is 225 Å². The van der Waals surface area contributed by atoms with E-state index in [9.17, 15) is 14.4 Å². The first-order valence-electron chi connectivity index (χ1n) is 13.9. The van der Waals surface area contributed by atoms with E-state index in [1.165, 1.54) is 51.4 Å². The zero-order chi connectivity index (χ0) is 28.1. The van der Waals surface area contributed by atoms with Gasteiger partial charge in [-0.2, -0.15) is 0 Å². The van der Waals surface area contributed by atoms with E-state index in [1.807, 2.05) is 0 Å². The van der Waals surface area contributed by atoms with Gasteiger partial charge < -0.3 is 18.7 Å². The van der Waals surface area contributed by atoms with Crippen molar-refractivity contribution in [3.63, 3.8) is 0 Å². The third-order valence-corrected chi connectivity index (χ3v) is 6.43. The van der Waals surface area contributed by atoms with Crippen molar-refractivity contribution in [3.8, 4) is 0 Å². The number of carbonyl (C=O) groups is 3. The van der Waals surface area contributed by atoms with E-state index < -0.39 is 17.9 Å². The maximum absolute atomic E-state index is 11.9. The summed E-state index contributed by atoms with van der Waals surface area (Å²) in [4.78, 5) is 35.8. The molecule has 0 aliphatic heterocycles. The molecule has 0 aromatic rings.